The SMILES string of the molecule is O=C(O)c1ccc(Cl)nc1NCC1(CO)CCCC1. The van der Waals surface area contributed by atoms with Crippen molar-refractivity contribution in [2.45, 2.75) is 25.7 Å². The molecule has 6 heteroatoms. The molecule has 0 unspecified atom stereocenters. The van der Waals surface area contributed by atoms with Gasteiger partial charge in [-0.1, -0.05) is 24.4 Å². The Morgan fingerprint density at radius 3 is 2.68 bits per heavy atom. The molecule has 5 nitrogen and oxygen atoms in total. The standard InChI is InChI=1S/C13H17ClN2O3/c14-10-4-3-9(12(18)19)11(16-10)15-7-13(8-17)5-1-2-6-13/h3-4,17H,1-2,5-8H2,(H,15,16)(H,18,19). The zero-order valence-corrected chi connectivity index (χ0v) is 11.3. The molecule has 0 atom stereocenters. The summed E-state index contributed by atoms with van der Waals surface area (Å²) in [6, 6.07) is 2.88. The smallest absolute Gasteiger partial charge is 0.339 e. The largest absolute Gasteiger partial charge is 0.478 e. The molecule has 0 aromatic carbocycles. The molecular weight excluding hydrogens is 268 g/mol. The van der Waals surface area contributed by atoms with E-state index in [2.05, 4.69) is 10.3 Å². The molecule has 0 spiro atoms. The fourth-order valence-electron chi connectivity index (χ4n) is 2.53. The minimum absolute atomic E-state index is 0.0930. The number of halogens is 1. The second-order valence-electron chi connectivity index (χ2n) is 5.05. The summed E-state index contributed by atoms with van der Waals surface area (Å²) in [7, 11) is 0. The van der Waals surface area contributed by atoms with Crippen LogP contribution in [-0.4, -0.2) is 34.3 Å². The molecule has 0 aliphatic heterocycles. The van der Waals surface area contributed by atoms with Crippen molar-refractivity contribution >= 4 is 23.4 Å². The van der Waals surface area contributed by atoms with Crippen LogP contribution in [0.25, 0.3) is 0 Å². The Labute approximate surface area is 116 Å². The van der Waals surface area contributed by atoms with Crippen LogP contribution < -0.4 is 5.32 Å². The number of anilines is 1. The highest BCUT2D eigenvalue weighted by Crippen LogP contribution is 2.37. The van der Waals surface area contributed by atoms with Crippen LogP contribution in [-0.2, 0) is 0 Å². The van der Waals surface area contributed by atoms with Gasteiger partial charge in [-0.2, -0.15) is 0 Å². The molecule has 1 aromatic heterocycles. The average molecular weight is 285 g/mol. The van der Waals surface area contributed by atoms with E-state index in [-0.39, 0.29) is 28.6 Å². The molecule has 104 valence electrons. The van der Waals surface area contributed by atoms with Crippen LogP contribution in [0.5, 0.6) is 0 Å². The van der Waals surface area contributed by atoms with E-state index in [9.17, 15) is 9.90 Å². The predicted molar refractivity (Wildman–Crippen MR) is 72.7 cm³/mol. The molecule has 2 rings (SSSR count). The van der Waals surface area contributed by atoms with E-state index in [0.29, 0.717) is 6.54 Å². The van der Waals surface area contributed by atoms with Gasteiger partial charge in [0.2, 0.25) is 0 Å². The lowest BCUT2D eigenvalue weighted by Crippen LogP contribution is -2.31. The number of aliphatic hydroxyl groups is 1. The lowest BCUT2D eigenvalue weighted by Gasteiger charge is -2.27. The van der Waals surface area contributed by atoms with Crippen LogP contribution in [0, 0.1) is 5.41 Å². The van der Waals surface area contributed by atoms with E-state index in [4.69, 9.17) is 16.7 Å². The zero-order chi connectivity index (χ0) is 13.9. The van der Waals surface area contributed by atoms with Crippen molar-refractivity contribution in [3.05, 3.63) is 22.8 Å². The molecule has 1 aliphatic rings. The summed E-state index contributed by atoms with van der Waals surface area (Å²) in [6.45, 7) is 0.611. The summed E-state index contributed by atoms with van der Waals surface area (Å²) in [6.07, 6.45) is 4.08. The summed E-state index contributed by atoms with van der Waals surface area (Å²) in [4.78, 5) is 15.1. The normalized spacial score (nSPS) is 17.4. The van der Waals surface area contributed by atoms with Gasteiger partial charge in [-0.3, -0.25) is 0 Å². The molecular formula is C13H17ClN2O3. The number of aromatic carboxylic acids is 1. The fourth-order valence-corrected chi connectivity index (χ4v) is 2.68. The van der Waals surface area contributed by atoms with Crippen molar-refractivity contribution in [1.29, 1.82) is 0 Å². The first kappa shape index (κ1) is 14.1. The molecule has 0 radical (unpaired) electrons. The second kappa shape index (κ2) is 5.75. The predicted octanol–water partition coefficient (Wildman–Crippen LogP) is 2.40. The molecule has 1 aromatic rings. The molecule has 0 amide bonds. The van der Waals surface area contributed by atoms with Gasteiger partial charge in [0, 0.05) is 12.0 Å². The van der Waals surface area contributed by atoms with Crippen LogP contribution in [0.1, 0.15) is 36.0 Å². The van der Waals surface area contributed by atoms with Gasteiger partial charge < -0.3 is 15.5 Å². The highest BCUT2D eigenvalue weighted by atomic mass is 35.5. The van der Waals surface area contributed by atoms with Crippen LogP contribution in [0.3, 0.4) is 0 Å². The number of pyridine rings is 1. The van der Waals surface area contributed by atoms with Crippen molar-refractivity contribution in [2.75, 3.05) is 18.5 Å². The van der Waals surface area contributed by atoms with E-state index in [1.54, 1.807) is 0 Å². The maximum Gasteiger partial charge on any atom is 0.339 e. The first-order chi connectivity index (χ1) is 9.06. The van der Waals surface area contributed by atoms with Crippen LogP contribution in [0.4, 0.5) is 5.82 Å². The number of hydrogen-bond donors (Lipinski definition) is 3. The van der Waals surface area contributed by atoms with Gasteiger partial charge in [0.15, 0.2) is 0 Å². The first-order valence-corrected chi connectivity index (χ1v) is 6.69. The lowest BCUT2D eigenvalue weighted by atomic mass is 9.87. The number of hydrogen-bond acceptors (Lipinski definition) is 4. The van der Waals surface area contributed by atoms with Gasteiger partial charge in [0.05, 0.1) is 6.61 Å². The summed E-state index contributed by atoms with van der Waals surface area (Å²) in [5.74, 6) is -0.782. The molecule has 0 saturated heterocycles. The number of nitrogens with zero attached hydrogens (tertiary/aromatic N) is 1. The third-order valence-electron chi connectivity index (χ3n) is 3.72. The van der Waals surface area contributed by atoms with Gasteiger partial charge in [0.25, 0.3) is 0 Å². The number of rotatable bonds is 5. The molecule has 1 fully saturated rings. The summed E-state index contributed by atoms with van der Waals surface area (Å²) < 4.78 is 0. The van der Waals surface area contributed by atoms with Crippen molar-refractivity contribution in [3.8, 4) is 0 Å². The molecule has 1 heterocycles. The van der Waals surface area contributed by atoms with Crippen molar-refractivity contribution < 1.29 is 15.0 Å². The van der Waals surface area contributed by atoms with Crippen LogP contribution in [0.2, 0.25) is 5.15 Å². The molecule has 0 bridgehead atoms. The topological polar surface area (TPSA) is 82.5 Å². The summed E-state index contributed by atoms with van der Waals surface area (Å²) in [5.41, 5.74) is -0.0739. The minimum Gasteiger partial charge on any atom is -0.478 e. The molecule has 3 N–H and O–H groups in total. The monoisotopic (exact) mass is 284 g/mol. The van der Waals surface area contributed by atoms with Crippen LogP contribution >= 0.6 is 11.6 Å². The number of nitrogens with one attached hydrogen (secondary N) is 1. The van der Waals surface area contributed by atoms with E-state index in [0.717, 1.165) is 25.7 Å². The van der Waals surface area contributed by atoms with Crippen molar-refractivity contribution in [1.82, 2.24) is 4.98 Å². The highest BCUT2D eigenvalue weighted by Gasteiger charge is 2.33. The Balaban J connectivity index is 2.14. The number of carbonyl (C=O) groups is 1. The Bertz CT molecular complexity index is 473. The first-order valence-electron chi connectivity index (χ1n) is 6.31. The summed E-state index contributed by atoms with van der Waals surface area (Å²) >= 11 is 5.79. The summed E-state index contributed by atoms with van der Waals surface area (Å²) in [5, 5.41) is 21.9. The third-order valence-corrected chi connectivity index (χ3v) is 3.93. The molecule has 1 aliphatic carbocycles. The Hall–Kier alpha value is -1.33. The van der Waals surface area contributed by atoms with Crippen LogP contribution in [0.15, 0.2) is 12.1 Å². The van der Waals surface area contributed by atoms with E-state index in [1.807, 2.05) is 0 Å². The maximum absolute atomic E-state index is 11.1. The Morgan fingerprint density at radius 2 is 2.11 bits per heavy atom. The average Bonchev–Trinajstić information content (AvgIpc) is 2.85. The lowest BCUT2D eigenvalue weighted by molar-refractivity contribution is 0.0697. The Kier molecular flexibility index (Phi) is 4.27. The molecule has 1 saturated carbocycles. The van der Waals surface area contributed by atoms with E-state index in [1.165, 1.54) is 12.1 Å². The maximum atomic E-state index is 11.1. The van der Waals surface area contributed by atoms with Gasteiger partial charge in [-0.05, 0) is 25.0 Å². The third kappa shape index (κ3) is 3.16. The van der Waals surface area contributed by atoms with Gasteiger partial charge >= 0.3 is 5.97 Å². The quantitative estimate of drug-likeness (QED) is 0.723. The van der Waals surface area contributed by atoms with Gasteiger partial charge in [0.1, 0.15) is 16.5 Å². The number of aliphatic hydroxyl groups excluding tert-OH is 1. The van der Waals surface area contributed by atoms with Crippen molar-refractivity contribution in [3.63, 3.8) is 0 Å². The van der Waals surface area contributed by atoms with Gasteiger partial charge in [-0.15, -0.1) is 0 Å². The highest BCUT2D eigenvalue weighted by molar-refractivity contribution is 6.29. The van der Waals surface area contributed by atoms with E-state index >= 15 is 0 Å². The van der Waals surface area contributed by atoms with E-state index < -0.39 is 5.97 Å². The van der Waals surface area contributed by atoms with Gasteiger partial charge in [-0.25, -0.2) is 9.78 Å². The zero-order valence-electron chi connectivity index (χ0n) is 10.5. The minimum atomic E-state index is -1.05. The molecule has 19 heavy (non-hydrogen) atoms. The number of carboxylic acids is 1. The number of carboxylic acid groups (broad SMARTS) is 1. The van der Waals surface area contributed by atoms with Crippen molar-refractivity contribution in [2.24, 2.45) is 5.41 Å². The fraction of sp³-hybridized carbons (Fsp3) is 0.538. The number of aromatic nitrogens is 1. The second-order valence-corrected chi connectivity index (χ2v) is 5.44. The Morgan fingerprint density at radius 1 is 1.42 bits per heavy atom.